The van der Waals surface area contributed by atoms with Crippen molar-refractivity contribution in [3.8, 4) is 0 Å². The van der Waals surface area contributed by atoms with Crippen LogP contribution < -0.4 is 10.9 Å². The smallest absolute Gasteiger partial charge is 0.250 e. The average Bonchev–Trinajstić information content (AvgIpc) is 2.49. The standard InChI is InChI=1S/C16H13N3O2/c20-15(11-19-10-4-3-7-16(19)21)18-14-9-8-12-5-1-2-6-13(12)17-14/h1-10H,11H2,(H,17,18,20). The van der Waals surface area contributed by atoms with E-state index in [0.717, 1.165) is 10.9 Å². The summed E-state index contributed by atoms with van der Waals surface area (Å²) in [6, 6.07) is 16.1. The SMILES string of the molecule is O=C(Cn1ccccc1=O)Nc1ccc2ccccc2n1. The molecule has 0 unspecified atom stereocenters. The first-order chi connectivity index (χ1) is 10.2. The lowest BCUT2D eigenvalue weighted by Crippen LogP contribution is -2.26. The Balaban J connectivity index is 1.77. The quantitative estimate of drug-likeness (QED) is 0.798. The number of para-hydroxylation sites is 1. The highest BCUT2D eigenvalue weighted by atomic mass is 16.2. The van der Waals surface area contributed by atoms with Gasteiger partial charge in [-0.15, -0.1) is 0 Å². The zero-order valence-corrected chi connectivity index (χ0v) is 11.2. The van der Waals surface area contributed by atoms with Crippen LogP contribution in [0.2, 0.25) is 0 Å². The highest BCUT2D eigenvalue weighted by molar-refractivity contribution is 5.91. The second kappa shape index (κ2) is 5.58. The van der Waals surface area contributed by atoms with Gasteiger partial charge in [0.25, 0.3) is 5.56 Å². The van der Waals surface area contributed by atoms with E-state index in [1.54, 1.807) is 24.4 Å². The number of carbonyl (C=O) groups excluding carboxylic acids is 1. The van der Waals surface area contributed by atoms with Gasteiger partial charge in [0.15, 0.2) is 0 Å². The number of pyridine rings is 2. The van der Waals surface area contributed by atoms with Gasteiger partial charge in [0.2, 0.25) is 5.91 Å². The molecule has 0 atom stereocenters. The minimum absolute atomic E-state index is 0.0336. The lowest BCUT2D eigenvalue weighted by atomic mass is 10.2. The maximum Gasteiger partial charge on any atom is 0.250 e. The summed E-state index contributed by atoms with van der Waals surface area (Å²) in [4.78, 5) is 27.9. The molecule has 0 aliphatic heterocycles. The minimum Gasteiger partial charge on any atom is -0.309 e. The summed E-state index contributed by atoms with van der Waals surface area (Å²) in [6.45, 7) is -0.0336. The van der Waals surface area contributed by atoms with Crippen LogP contribution in [0, 0.1) is 0 Å². The van der Waals surface area contributed by atoms with Crippen LogP contribution in [0.1, 0.15) is 0 Å². The number of nitrogens with zero attached hydrogens (tertiary/aromatic N) is 2. The molecule has 0 saturated heterocycles. The first kappa shape index (κ1) is 13.1. The minimum atomic E-state index is -0.286. The summed E-state index contributed by atoms with van der Waals surface area (Å²) in [5, 5.41) is 3.71. The zero-order chi connectivity index (χ0) is 14.7. The van der Waals surface area contributed by atoms with Gasteiger partial charge in [-0.05, 0) is 24.3 Å². The number of benzene rings is 1. The van der Waals surface area contributed by atoms with Crippen LogP contribution in [0.5, 0.6) is 0 Å². The fourth-order valence-corrected chi connectivity index (χ4v) is 2.06. The molecule has 0 saturated carbocycles. The van der Waals surface area contributed by atoms with Crippen LogP contribution in [0.25, 0.3) is 10.9 Å². The lowest BCUT2D eigenvalue weighted by Gasteiger charge is -2.07. The van der Waals surface area contributed by atoms with E-state index in [1.165, 1.54) is 10.6 Å². The second-order valence-electron chi connectivity index (χ2n) is 4.60. The van der Waals surface area contributed by atoms with Crippen LogP contribution in [0.15, 0.2) is 65.6 Å². The van der Waals surface area contributed by atoms with E-state index < -0.39 is 0 Å². The molecular formula is C16H13N3O2. The number of aromatic nitrogens is 2. The van der Waals surface area contributed by atoms with E-state index in [-0.39, 0.29) is 18.0 Å². The normalized spacial score (nSPS) is 10.5. The number of hydrogen-bond acceptors (Lipinski definition) is 3. The molecule has 2 aromatic heterocycles. The van der Waals surface area contributed by atoms with Gasteiger partial charge < -0.3 is 9.88 Å². The number of anilines is 1. The molecule has 0 bridgehead atoms. The van der Waals surface area contributed by atoms with Crippen molar-refractivity contribution < 1.29 is 4.79 Å². The third-order valence-corrected chi connectivity index (χ3v) is 3.08. The van der Waals surface area contributed by atoms with E-state index in [4.69, 9.17) is 0 Å². The molecule has 0 fully saturated rings. The summed E-state index contributed by atoms with van der Waals surface area (Å²) >= 11 is 0. The van der Waals surface area contributed by atoms with Gasteiger partial charge in [-0.2, -0.15) is 0 Å². The molecule has 1 N–H and O–H groups in total. The summed E-state index contributed by atoms with van der Waals surface area (Å²) < 4.78 is 1.34. The highest BCUT2D eigenvalue weighted by Gasteiger charge is 2.06. The molecule has 0 spiro atoms. The van der Waals surface area contributed by atoms with Crippen LogP contribution >= 0.6 is 0 Å². The molecular weight excluding hydrogens is 266 g/mol. The van der Waals surface area contributed by atoms with Crippen LogP contribution in [0.4, 0.5) is 5.82 Å². The predicted molar refractivity (Wildman–Crippen MR) is 81.1 cm³/mol. The molecule has 104 valence electrons. The van der Waals surface area contributed by atoms with Gasteiger partial charge >= 0.3 is 0 Å². The monoisotopic (exact) mass is 279 g/mol. The summed E-state index contributed by atoms with van der Waals surface area (Å²) in [5.74, 6) is 0.189. The Labute approximate surface area is 120 Å². The Morgan fingerprint density at radius 3 is 2.71 bits per heavy atom. The molecule has 1 amide bonds. The number of fused-ring (bicyclic) bond motifs is 1. The molecule has 5 nitrogen and oxygen atoms in total. The number of hydrogen-bond donors (Lipinski definition) is 1. The Bertz CT molecular complexity index is 855. The first-order valence-corrected chi connectivity index (χ1v) is 6.53. The Kier molecular flexibility index (Phi) is 3.47. The van der Waals surface area contributed by atoms with E-state index in [0.29, 0.717) is 5.82 Å². The van der Waals surface area contributed by atoms with Gasteiger partial charge in [-0.3, -0.25) is 9.59 Å². The first-order valence-electron chi connectivity index (χ1n) is 6.53. The van der Waals surface area contributed by atoms with Gasteiger partial charge in [0.1, 0.15) is 12.4 Å². The Morgan fingerprint density at radius 2 is 1.86 bits per heavy atom. The third kappa shape index (κ3) is 2.97. The molecule has 0 radical (unpaired) electrons. The topological polar surface area (TPSA) is 64.0 Å². The van der Waals surface area contributed by atoms with Crippen molar-refractivity contribution in [2.45, 2.75) is 6.54 Å². The van der Waals surface area contributed by atoms with E-state index >= 15 is 0 Å². The van der Waals surface area contributed by atoms with Crippen molar-refractivity contribution in [2.75, 3.05) is 5.32 Å². The summed E-state index contributed by atoms with van der Waals surface area (Å²) in [6.07, 6.45) is 1.58. The number of carbonyl (C=O) groups is 1. The van der Waals surface area contributed by atoms with E-state index in [9.17, 15) is 9.59 Å². The number of rotatable bonds is 3. The molecule has 1 aromatic carbocycles. The van der Waals surface area contributed by atoms with Crippen molar-refractivity contribution in [3.63, 3.8) is 0 Å². The maximum absolute atomic E-state index is 12.0. The van der Waals surface area contributed by atoms with Gasteiger partial charge in [0, 0.05) is 17.6 Å². The lowest BCUT2D eigenvalue weighted by molar-refractivity contribution is -0.116. The third-order valence-electron chi connectivity index (χ3n) is 3.08. The molecule has 0 aliphatic carbocycles. The van der Waals surface area contributed by atoms with Gasteiger partial charge in [0.05, 0.1) is 5.52 Å². The molecule has 21 heavy (non-hydrogen) atoms. The number of amides is 1. The molecule has 3 rings (SSSR count). The van der Waals surface area contributed by atoms with Crippen molar-refractivity contribution in [2.24, 2.45) is 0 Å². The van der Waals surface area contributed by atoms with Gasteiger partial charge in [-0.1, -0.05) is 24.3 Å². The Hall–Kier alpha value is -2.95. The second-order valence-corrected chi connectivity index (χ2v) is 4.60. The average molecular weight is 279 g/mol. The summed E-state index contributed by atoms with van der Waals surface area (Å²) in [5.41, 5.74) is 0.603. The zero-order valence-electron chi connectivity index (χ0n) is 11.2. The van der Waals surface area contributed by atoms with Crippen molar-refractivity contribution in [1.82, 2.24) is 9.55 Å². The fourth-order valence-electron chi connectivity index (χ4n) is 2.06. The van der Waals surface area contributed by atoms with Crippen molar-refractivity contribution in [1.29, 1.82) is 0 Å². The molecule has 0 aliphatic rings. The van der Waals surface area contributed by atoms with Crippen molar-refractivity contribution >= 4 is 22.6 Å². The van der Waals surface area contributed by atoms with Gasteiger partial charge in [-0.25, -0.2) is 4.98 Å². The van der Waals surface area contributed by atoms with Crippen LogP contribution in [0.3, 0.4) is 0 Å². The maximum atomic E-state index is 12.0. The number of nitrogens with one attached hydrogen (secondary N) is 1. The van der Waals surface area contributed by atoms with E-state index in [1.807, 2.05) is 30.3 Å². The molecule has 3 aromatic rings. The Morgan fingerprint density at radius 1 is 1.05 bits per heavy atom. The van der Waals surface area contributed by atoms with Crippen molar-refractivity contribution in [3.05, 3.63) is 71.1 Å². The largest absolute Gasteiger partial charge is 0.309 e. The fraction of sp³-hybridized carbons (Fsp3) is 0.0625. The highest BCUT2D eigenvalue weighted by Crippen LogP contribution is 2.14. The van der Waals surface area contributed by atoms with Crippen LogP contribution in [-0.4, -0.2) is 15.5 Å². The predicted octanol–water partition coefficient (Wildman–Crippen LogP) is 2.04. The summed E-state index contributed by atoms with van der Waals surface area (Å²) in [7, 11) is 0. The molecule has 5 heteroatoms. The molecule has 2 heterocycles. The van der Waals surface area contributed by atoms with E-state index in [2.05, 4.69) is 10.3 Å². The van der Waals surface area contributed by atoms with Crippen LogP contribution in [-0.2, 0) is 11.3 Å².